The first-order valence-electron chi connectivity index (χ1n) is 4.77. The van der Waals surface area contributed by atoms with Crippen molar-refractivity contribution in [2.75, 3.05) is 0 Å². The van der Waals surface area contributed by atoms with Crippen LogP contribution in [-0.4, -0.2) is 11.7 Å². The summed E-state index contributed by atoms with van der Waals surface area (Å²) in [7, 11) is 0. The third kappa shape index (κ3) is 1.96. The van der Waals surface area contributed by atoms with Crippen molar-refractivity contribution < 1.29 is 4.74 Å². The Balaban J connectivity index is 2.55. The lowest BCUT2D eigenvalue weighted by Crippen LogP contribution is -2.19. The van der Waals surface area contributed by atoms with Crippen molar-refractivity contribution in [1.82, 2.24) is 0 Å². The van der Waals surface area contributed by atoms with Crippen LogP contribution in [0, 0.1) is 5.92 Å². The predicted molar refractivity (Wildman–Crippen MR) is 47.6 cm³/mol. The van der Waals surface area contributed by atoms with Crippen LogP contribution in [0.3, 0.4) is 0 Å². The molecular weight excluding hydrogens is 136 g/mol. The van der Waals surface area contributed by atoms with Gasteiger partial charge in [0.25, 0.3) is 0 Å². The van der Waals surface area contributed by atoms with E-state index in [4.69, 9.17) is 4.74 Å². The van der Waals surface area contributed by atoms with Gasteiger partial charge in [-0.05, 0) is 32.6 Å². The smallest absolute Gasteiger partial charge is 0.0634 e. The maximum Gasteiger partial charge on any atom is 0.0634 e. The molecule has 0 aromatic heterocycles. The Morgan fingerprint density at radius 1 is 1.27 bits per heavy atom. The minimum Gasteiger partial charge on any atom is -0.372 e. The van der Waals surface area contributed by atoms with Gasteiger partial charge in [-0.2, -0.15) is 0 Å². The van der Waals surface area contributed by atoms with Crippen molar-refractivity contribution in [2.24, 2.45) is 5.92 Å². The molecule has 0 amide bonds. The van der Waals surface area contributed by atoms with E-state index in [2.05, 4.69) is 27.7 Å². The molecule has 0 spiro atoms. The molecule has 1 rings (SSSR count). The predicted octanol–water partition coefficient (Wildman–Crippen LogP) is 2.99. The van der Waals surface area contributed by atoms with E-state index in [9.17, 15) is 0 Å². The van der Waals surface area contributed by atoms with Crippen molar-refractivity contribution in [3.05, 3.63) is 0 Å². The molecule has 0 N–H and O–H groups in total. The van der Waals surface area contributed by atoms with Crippen molar-refractivity contribution in [3.63, 3.8) is 0 Å². The van der Waals surface area contributed by atoms with Gasteiger partial charge in [0.1, 0.15) is 0 Å². The summed E-state index contributed by atoms with van der Waals surface area (Å²) < 4.78 is 5.90. The van der Waals surface area contributed by atoms with Gasteiger partial charge in [0.15, 0.2) is 0 Å². The Kier molecular flexibility index (Phi) is 2.58. The second-order valence-corrected chi connectivity index (χ2v) is 4.20. The van der Waals surface area contributed by atoms with Gasteiger partial charge in [0, 0.05) is 0 Å². The zero-order valence-electron chi connectivity index (χ0n) is 8.18. The first-order chi connectivity index (χ1) is 5.09. The summed E-state index contributed by atoms with van der Waals surface area (Å²) in [4.78, 5) is 0. The number of rotatable bonds is 2. The largest absolute Gasteiger partial charge is 0.372 e. The summed E-state index contributed by atoms with van der Waals surface area (Å²) in [6, 6.07) is 0. The molecule has 1 nitrogen and oxygen atoms in total. The summed E-state index contributed by atoms with van der Waals surface area (Å²) >= 11 is 0. The van der Waals surface area contributed by atoms with Gasteiger partial charge in [-0.1, -0.05) is 20.3 Å². The fraction of sp³-hybridized carbons (Fsp3) is 1.00. The van der Waals surface area contributed by atoms with E-state index in [0.29, 0.717) is 6.10 Å². The molecule has 2 atom stereocenters. The van der Waals surface area contributed by atoms with Crippen LogP contribution in [0.4, 0.5) is 0 Å². The first-order valence-corrected chi connectivity index (χ1v) is 4.77. The van der Waals surface area contributed by atoms with E-state index in [1.165, 1.54) is 19.3 Å². The van der Waals surface area contributed by atoms with Crippen molar-refractivity contribution in [1.29, 1.82) is 0 Å². The lowest BCUT2D eigenvalue weighted by molar-refractivity contribution is -0.0222. The third-order valence-corrected chi connectivity index (χ3v) is 2.68. The molecular formula is C10H20O. The summed E-state index contributed by atoms with van der Waals surface area (Å²) in [5.41, 5.74) is 0.140. The second kappa shape index (κ2) is 3.14. The van der Waals surface area contributed by atoms with Crippen LogP contribution in [0.1, 0.15) is 47.0 Å². The lowest BCUT2D eigenvalue weighted by atomic mass is 9.91. The Morgan fingerprint density at radius 2 is 1.91 bits per heavy atom. The van der Waals surface area contributed by atoms with Crippen LogP contribution >= 0.6 is 0 Å². The standard InChI is InChI=1S/C10H20O/c1-5-8-7-10(3,4)11-9(8)6-2/h8-9H,5-7H2,1-4H3. The molecule has 0 radical (unpaired) electrons. The maximum atomic E-state index is 5.90. The van der Waals surface area contributed by atoms with Gasteiger partial charge in [0.05, 0.1) is 11.7 Å². The Bertz CT molecular complexity index is 115. The van der Waals surface area contributed by atoms with Gasteiger partial charge < -0.3 is 4.74 Å². The normalized spacial score (nSPS) is 36.0. The quantitative estimate of drug-likeness (QED) is 0.597. The maximum absolute atomic E-state index is 5.90. The average Bonchev–Trinajstić information content (AvgIpc) is 2.25. The molecule has 0 aromatic rings. The number of hydrogen-bond donors (Lipinski definition) is 0. The van der Waals surface area contributed by atoms with Gasteiger partial charge in [-0.25, -0.2) is 0 Å². The highest BCUT2D eigenvalue weighted by atomic mass is 16.5. The van der Waals surface area contributed by atoms with Crippen LogP contribution in [0.15, 0.2) is 0 Å². The van der Waals surface area contributed by atoms with Gasteiger partial charge in [0.2, 0.25) is 0 Å². The molecule has 0 saturated carbocycles. The molecule has 2 unspecified atom stereocenters. The van der Waals surface area contributed by atoms with Crippen molar-refractivity contribution in [3.8, 4) is 0 Å². The highest BCUT2D eigenvalue weighted by Gasteiger charge is 2.37. The van der Waals surface area contributed by atoms with Crippen LogP contribution < -0.4 is 0 Å². The van der Waals surface area contributed by atoms with Gasteiger partial charge in [-0.15, -0.1) is 0 Å². The van der Waals surface area contributed by atoms with Gasteiger partial charge in [-0.3, -0.25) is 0 Å². The van der Waals surface area contributed by atoms with Crippen LogP contribution in [0.5, 0.6) is 0 Å². The van der Waals surface area contributed by atoms with Crippen LogP contribution in [-0.2, 0) is 4.74 Å². The van der Waals surface area contributed by atoms with Gasteiger partial charge >= 0.3 is 0 Å². The summed E-state index contributed by atoms with van der Waals surface area (Å²) in [5, 5.41) is 0. The Hall–Kier alpha value is -0.0400. The monoisotopic (exact) mass is 156 g/mol. The van der Waals surface area contributed by atoms with Crippen LogP contribution in [0.25, 0.3) is 0 Å². The Morgan fingerprint density at radius 3 is 2.27 bits per heavy atom. The van der Waals surface area contributed by atoms with Crippen molar-refractivity contribution in [2.45, 2.75) is 58.7 Å². The van der Waals surface area contributed by atoms with E-state index >= 15 is 0 Å². The van der Waals surface area contributed by atoms with E-state index in [-0.39, 0.29) is 5.60 Å². The van der Waals surface area contributed by atoms with E-state index in [1.54, 1.807) is 0 Å². The second-order valence-electron chi connectivity index (χ2n) is 4.20. The molecule has 1 aliphatic heterocycles. The number of ether oxygens (including phenoxy) is 1. The molecule has 66 valence electrons. The van der Waals surface area contributed by atoms with Crippen molar-refractivity contribution >= 4 is 0 Å². The molecule has 11 heavy (non-hydrogen) atoms. The summed E-state index contributed by atoms with van der Waals surface area (Å²) in [5.74, 6) is 0.801. The topological polar surface area (TPSA) is 9.23 Å². The lowest BCUT2D eigenvalue weighted by Gasteiger charge is -2.18. The van der Waals surface area contributed by atoms with E-state index in [1.807, 2.05) is 0 Å². The zero-order chi connectivity index (χ0) is 8.48. The minimum atomic E-state index is 0.140. The highest BCUT2D eigenvalue weighted by Crippen LogP contribution is 2.37. The molecule has 1 saturated heterocycles. The number of hydrogen-bond acceptors (Lipinski definition) is 1. The van der Waals surface area contributed by atoms with Crippen LogP contribution in [0.2, 0.25) is 0 Å². The summed E-state index contributed by atoms with van der Waals surface area (Å²) in [6.45, 7) is 8.88. The molecule has 0 aromatic carbocycles. The van der Waals surface area contributed by atoms with E-state index in [0.717, 1.165) is 5.92 Å². The minimum absolute atomic E-state index is 0.140. The zero-order valence-corrected chi connectivity index (χ0v) is 8.18. The highest BCUT2D eigenvalue weighted by molar-refractivity contribution is 4.86. The molecule has 0 aliphatic carbocycles. The summed E-state index contributed by atoms with van der Waals surface area (Å²) in [6.07, 6.45) is 4.20. The molecule has 0 bridgehead atoms. The SMILES string of the molecule is CCC1CC(C)(C)OC1CC. The Labute approximate surface area is 70.1 Å². The third-order valence-electron chi connectivity index (χ3n) is 2.68. The first kappa shape index (κ1) is 9.05. The fourth-order valence-electron chi connectivity index (χ4n) is 2.14. The molecule has 1 heterocycles. The van der Waals surface area contributed by atoms with E-state index < -0.39 is 0 Å². The molecule has 1 fully saturated rings. The average molecular weight is 156 g/mol. The molecule has 1 heteroatoms. The molecule has 1 aliphatic rings. The fourth-order valence-corrected chi connectivity index (χ4v) is 2.14.